The van der Waals surface area contributed by atoms with Gasteiger partial charge in [0.15, 0.2) is 0 Å². The predicted molar refractivity (Wildman–Crippen MR) is 66.9 cm³/mol. The zero-order valence-corrected chi connectivity index (χ0v) is 9.79. The van der Waals surface area contributed by atoms with Crippen LogP contribution in [0.25, 0.3) is 10.1 Å². The first-order valence-corrected chi connectivity index (χ1v) is 5.90. The lowest BCUT2D eigenvalue weighted by molar-refractivity contribution is 0.0555. The van der Waals surface area contributed by atoms with Gasteiger partial charge < -0.3 is 4.74 Å². The van der Waals surface area contributed by atoms with E-state index in [1.54, 1.807) is 0 Å². The van der Waals surface area contributed by atoms with Crippen molar-refractivity contribution in [3.8, 4) is 0 Å². The van der Waals surface area contributed by atoms with Crippen LogP contribution in [-0.4, -0.2) is 12.6 Å². The molecule has 0 aliphatic rings. The van der Waals surface area contributed by atoms with Gasteiger partial charge in [-0.15, -0.1) is 11.3 Å². The molecule has 2 rings (SSSR count). The fourth-order valence-electron chi connectivity index (χ4n) is 1.37. The molecule has 0 saturated heterocycles. The molecule has 1 aromatic carbocycles. The lowest BCUT2D eigenvalue weighted by Crippen LogP contribution is -2.02. The van der Waals surface area contributed by atoms with Crippen LogP contribution in [0.2, 0.25) is 0 Å². The summed E-state index contributed by atoms with van der Waals surface area (Å²) in [6.07, 6.45) is 3.67. The first kappa shape index (κ1) is 10.9. The van der Waals surface area contributed by atoms with Gasteiger partial charge in [-0.1, -0.05) is 30.4 Å². The van der Waals surface area contributed by atoms with E-state index in [-0.39, 0.29) is 5.97 Å². The summed E-state index contributed by atoms with van der Waals surface area (Å²) in [5.41, 5.74) is 0. The molecule has 0 atom stereocenters. The van der Waals surface area contributed by atoms with Gasteiger partial charge in [0.2, 0.25) is 0 Å². The van der Waals surface area contributed by atoms with Gasteiger partial charge in [-0.25, -0.2) is 4.79 Å². The van der Waals surface area contributed by atoms with Crippen molar-refractivity contribution in [1.82, 2.24) is 0 Å². The lowest BCUT2D eigenvalue weighted by Gasteiger charge is -1.97. The van der Waals surface area contributed by atoms with Gasteiger partial charge in [-0.05, 0) is 24.4 Å². The van der Waals surface area contributed by atoms with Gasteiger partial charge in [0, 0.05) is 4.70 Å². The smallest absolute Gasteiger partial charge is 0.348 e. The number of allylic oxidation sites excluding steroid dienone is 1. The number of ether oxygens (including phenoxy) is 1. The number of hydrogen-bond acceptors (Lipinski definition) is 3. The zero-order valence-electron chi connectivity index (χ0n) is 8.97. The highest BCUT2D eigenvalue weighted by molar-refractivity contribution is 7.20. The molecule has 0 aliphatic carbocycles. The Bertz CT molecular complexity index is 492. The molecular formula is C13H12O2S. The van der Waals surface area contributed by atoms with Crippen LogP contribution in [0.3, 0.4) is 0 Å². The average Bonchev–Trinajstić information content (AvgIpc) is 2.73. The largest absolute Gasteiger partial charge is 0.457 e. The van der Waals surface area contributed by atoms with Gasteiger partial charge >= 0.3 is 5.97 Å². The third-order valence-corrected chi connectivity index (χ3v) is 3.27. The summed E-state index contributed by atoms with van der Waals surface area (Å²) in [6.45, 7) is 2.23. The van der Waals surface area contributed by atoms with Crippen LogP contribution in [0, 0.1) is 0 Å². The summed E-state index contributed by atoms with van der Waals surface area (Å²) in [5.74, 6) is -0.251. The Labute approximate surface area is 98.2 Å². The molecule has 1 aromatic heterocycles. The Kier molecular flexibility index (Phi) is 3.37. The highest BCUT2D eigenvalue weighted by atomic mass is 32.1. The van der Waals surface area contributed by atoms with E-state index in [1.807, 2.05) is 49.4 Å². The van der Waals surface area contributed by atoms with Crippen LogP contribution in [0.5, 0.6) is 0 Å². The monoisotopic (exact) mass is 232 g/mol. The standard InChI is InChI=1S/C13H12O2S/c1-2-3-8-15-13(14)12-9-10-6-4-5-7-11(10)16-12/h2-7,9H,8H2,1H3/b3-2+. The van der Waals surface area contributed by atoms with Crippen molar-refractivity contribution in [2.45, 2.75) is 6.92 Å². The van der Waals surface area contributed by atoms with Gasteiger partial charge in [-0.2, -0.15) is 0 Å². The van der Waals surface area contributed by atoms with Crippen LogP contribution in [-0.2, 0) is 4.74 Å². The number of rotatable bonds is 3. The fraction of sp³-hybridized carbons (Fsp3) is 0.154. The van der Waals surface area contributed by atoms with E-state index in [0.29, 0.717) is 11.5 Å². The topological polar surface area (TPSA) is 26.3 Å². The summed E-state index contributed by atoms with van der Waals surface area (Å²) in [6, 6.07) is 9.80. The molecule has 0 aliphatic heterocycles. The quantitative estimate of drug-likeness (QED) is 0.596. The second-order valence-corrected chi connectivity index (χ2v) is 4.40. The first-order chi connectivity index (χ1) is 7.81. The summed E-state index contributed by atoms with van der Waals surface area (Å²) in [4.78, 5) is 12.3. The molecule has 0 spiro atoms. The third-order valence-electron chi connectivity index (χ3n) is 2.17. The number of hydrogen-bond donors (Lipinski definition) is 0. The molecule has 16 heavy (non-hydrogen) atoms. The zero-order chi connectivity index (χ0) is 11.4. The Balaban J connectivity index is 2.17. The Morgan fingerprint density at radius 2 is 2.25 bits per heavy atom. The van der Waals surface area contributed by atoms with E-state index in [1.165, 1.54) is 11.3 Å². The lowest BCUT2D eigenvalue weighted by atomic mass is 10.2. The van der Waals surface area contributed by atoms with E-state index in [4.69, 9.17) is 4.74 Å². The summed E-state index contributed by atoms with van der Waals surface area (Å²) in [7, 11) is 0. The fourth-order valence-corrected chi connectivity index (χ4v) is 2.33. The number of benzene rings is 1. The highest BCUT2D eigenvalue weighted by Crippen LogP contribution is 2.25. The van der Waals surface area contributed by atoms with Crippen LogP contribution >= 0.6 is 11.3 Å². The molecule has 0 unspecified atom stereocenters. The number of thiophene rings is 1. The number of esters is 1. The minimum Gasteiger partial charge on any atom is -0.457 e. The van der Waals surface area contributed by atoms with E-state index in [0.717, 1.165) is 10.1 Å². The van der Waals surface area contributed by atoms with Crippen molar-refractivity contribution < 1.29 is 9.53 Å². The Hall–Kier alpha value is -1.61. The number of carbonyl (C=O) groups excluding carboxylic acids is 1. The van der Waals surface area contributed by atoms with Crippen LogP contribution < -0.4 is 0 Å². The maximum Gasteiger partial charge on any atom is 0.348 e. The molecule has 1 heterocycles. The van der Waals surface area contributed by atoms with Gasteiger partial charge in [0.1, 0.15) is 11.5 Å². The predicted octanol–water partition coefficient (Wildman–Crippen LogP) is 3.63. The summed E-state index contributed by atoms with van der Waals surface area (Å²) < 4.78 is 6.19. The normalized spacial score (nSPS) is 11.1. The molecule has 82 valence electrons. The third kappa shape index (κ3) is 2.31. The van der Waals surface area contributed by atoms with Crippen molar-refractivity contribution >= 4 is 27.4 Å². The number of fused-ring (bicyclic) bond motifs is 1. The van der Waals surface area contributed by atoms with E-state index in [2.05, 4.69) is 0 Å². The van der Waals surface area contributed by atoms with Gasteiger partial charge in [0.25, 0.3) is 0 Å². The maximum atomic E-state index is 11.6. The molecule has 0 radical (unpaired) electrons. The van der Waals surface area contributed by atoms with Crippen LogP contribution in [0.4, 0.5) is 0 Å². The summed E-state index contributed by atoms with van der Waals surface area (Å²) >= 11 is 1.46. The summed E-state index contributed by atoms with van der Waals surface area (Å²) in [5, 5.41) is 1.09. The van der Waals surface area contributed by atoms with Crippen molar-refractivity contribution in [1.29, 1.82) is 0 Å². The first-order valence-electron chi connectivity index (χ1n) is 5.08. The minimum absolute atomic E-state index is 0.251. The van der Waals surface area contributed by atoms with Crippen molar-refractivity contribution in [2.75, 3.05) is 6.61 Å². The van der Waals surface area contributed by atoms with Crippen molar-refractivity contribution in [3.05, 3.63) is 47.4 Å². The molecule has 0 bridgehead atoms. The molecule has 3 heteroatoms. The molecule has 0 fully saturated rings. The van der Waals surface area contributed by atoms with Crippen LogP contribution in [0.15, 0.2) is 42.5 Å². The second-order valence-electron chi connectivity index (χ2n) is 3.32. The maximum absolute atomic E-state index is 11.6. The Morgan fingerprint density at radius 1 is 1.44 bits per heavy atom. The van der Waals surface area contributed by atoms with Crippen molar-refractivity contribution in [3.63, 3.8) is 0 Å². The van der Waals surface area contributed by atoms with Gasteiger partial charge in [0.05, 0.1) is 0 Å². The van der Waals surface area contributed by atoms with E-state index >= 15 is 0 Å². The van der Waals surface area contributed by atoms with E-state index in [9.17, 15) is 4.79 Å². The second kappa shape index (κ2) is 4.94. The molecule has 0 amide bonds. The highest BCUT2D eigenvalue weighted by Gasteiger charge is 2.10. The number of carbonyl (C=O) groups is 1. The molecular weight excluding hydrogens is 220 g/mol. The van der Waals surface area contributed by atoms with Crippen LogP contribution in [0.1, 0.15) is 16.6 Å². The molecule has 0 saturated carbocycles. The van der Waals surface area contributed by atoms with Crippen molar-refractivity contribution in [2.24, 2.45) is 0 Å². The molecule has 2 nitrogen and oxygen atoms in total. The van der Waals surface area contributed by atoms with Gasteiger partial charge in [-0.3, -0.25) is 0 Å². The minimum atomic E-state index is -0.251. The average molecular weight is 232 g/mol. The van der Waals surface area contributed by atoms with E-state index < -0.39 is 0 Å². The Morgan fingerprint density at radius 3 is 3.00 bits per heavy atom. The molecule has 0 N–H and O–H groups in total. The molecule has 2 aromatic rings. The SMILES string of the molecule is C/C=C/COC(=O)c1cc2ccccc2s1.